The van der Waals surface area contributed by atoms with Crippen molar-refractivity contribution in [1.29, 1.82) is 0 Å². The minimum atomic E-state index is -4.72. The Balaban J connectivity index is 1.81. The highest BCUT2D eigenvalue weighted by molar-refractivity contribution is 7.94. The lowest BCUT2D eigenvalue weighted by Crippen LogP contribution is -2.20. The van der Waals surface area contributed by atoms with Crippen molar-refractivity contribution in [3.63, 3.8) is 0 Å². The zero-order chi connectivity index (χ0) is 24.7. The molecule has 0 radical (unpaired) electrons. The van der Waals surface area contributed by atoms with Crippen molar-refractivity contribution >= 4 is 12.1 Å². The fraction of sp³-hybridized carbons (Fsp3) is 0.364. The molecule has 1 aromatic heterocycles. The van der Waals surface area contributed by atoms with Gasteiger partial charge in [-0.2, -0.15) is 22.0 Å². The molecule has 0 unspecified atom stereocenters. The highest BCUT2D eigenvalue weighted by Gasteiger charge is 2.35. The first-order chi connectivity index (χ1) is 16.2. The Bertz CT molecular complexity index is 1090. The molecule has 1 N–H and O–H groups in total. The zero-order valence-electron chi connectivity index (χ0n) is 18.1. The van der Waals surface area contributed by atoms with Gasteiger partial charge in [0.25, 0.3) is 5.89 Å². The van der Waals surface area contributed by atoms with Crippen LogP contribution in [-0.2, 0) is 12.7 Å². The maximum atomic E-state index is 14.6. The Hall–Kier alpha value is -2.70. The van der Waals surface area contributed by atoms with E-state index < -0.39 is 23.3 Å². The third-order valence-corrected chi connectivity index (χ3v) is 5.15. The SMILES string of the molecule is CN(CCCO)Cc1ccc(-c2noc(-c3ccc(OCCSF)c(C(F)(F)F)c3)n2)cc1F. The van der Waals surface area contributed by atoms with Gasteiger partial charge in [-0.25, -0.2) is 4.39 Å². The molecule has 0 aliphatic rings. The molecule has 0 atom stereocenters. The van der Waals surface area contributed by atoms with Crippen LogP contribution in [0.4, 0.5) is 21.4 Å². The van der Waals surface area contributed by atoms with E-state index in [2.05, 4.69) is 10.1 Å². The van der Waals surface area contributed by atoms with Gasteiger partial charge >= 0.3 is 6.18 Å². The summed E-state index contributed by atoms with van der Waals surface area (Å²) in [5, 5.41) is 12.7. The van der Waals surface area contributed by atoms with Crippen LogP contribution in [0.15, 0.2) is 40.9 Å². The van der Waals surface area contributed by atoms with Gasteiger partial charge < -0.3 is 19.3 Å². The summed E-state index contributed by atoms with van der Waals surface area (Å²) < 4.78 is 77.3. The van der Waals surface area contributed by atoms with Gasteiger partial charge in [-0.15, -0.1) is 0 Å². The molecule has 6 nitrogen and oxygen atoms in total. The second kappa shape index (κ2) is 11.6. The minimum absolute atomic E-state index is 0.000826. The summed E-state index contributed by atoms with van der Waals surface area (Å²) in [5.74, 6) is -1.21. The molecule has 0 saturated heterocycles. The average Bonchev–Trinajstić information content (AvgIpc) is 3.29. The van der Waals surface area contributed by atoms with Crippen molar-refractivity contribution in [3.8, 4) is 28.6 Å². The predicted molar refractivity (Wildman–Crippen MR) is 117 cm³/mol. The number of aliphatic hydroxyl groups excluding tert-OH is 1. The number of rotatable bonds is 11. The average molecular weight is 503 g/mol. The lowest BCUT2D eigenvalue weighted by molar-refractivity contribution is -0.138. The van der Waals surface area contributed by atoms with Crippen LogP contribution in [0.25, 0.3) is 22.8 Å². The van der Waals surface area contributed by atoms with E-state index in [0.717, 1.165) is 12.1 Å². The van der Waals surface area contributed by atoms with E-state index in [1.165, 1.54) is 12.1 Å². The van der Waals surface area contributed by atoms with Crippen molar-refractivity contribution in [2.24, 2.45) is 0 Å². The summed E-state index contributed by atoms with van der Waals surface area (Å²) in [4.78, 5) is 5.97. The van der Waals surface area contributed by atoms with Gasteiger partial charge in [-0.05, 0) is 37.7 Å². The quantitative estimate of drug-likeness (QED) is 0.279. The molecule has 34 heavy (non-hydrogen) atoms. The van der Waals surface area contributed by atoms with Crippen LogP contribution in [0.2, 0.25) is 0 Å². The van der Waals surface area contributed by atoms with E-state index in [1.54, 1.807) is 19.2 Å². The van der Waals surface area contributed by atoms with Gasteiger partial charge in [0.05, 0.1) is 17.9 Å². The maximum absolute atomic E-state index is 14.6. The summed E-state index contributed by atoms with van der Waals surface area (Å²) in [6.45, 7) is 0.754. The van der Waals surface area contributed by atoms with Crippen LogP contribution in [0, 0.1) is 5.82 Å². The van der Waals surface area contributed by atoms with Gasteiger partial charge in [0.2, 0.25) is 5.82 Å². The number of hydrogen-bond acceptors (Lipinski definition) is 7. The third kappa shape index (κ3) is 6.67. The van der Waals surface area contributed by atoms with Crippen molar-refractivity contribution in [1.82, 2.24) is 15.0 Å². The molecule has 0 fully saturated rings. The molecule has 0 spiro atoms. The standard InChI is InChI=1S/C22H22F5N3O3S/c1-30(7-2-8-31)13-16-4-3-14(12-18(16)23)20-28-21(33-29-20)15-5-6-19(32-9-10-34-27)17(11-15)22(24,25)26/h3-6,11-12,31H,2,7-10,13H2,1H3. The smallest absolute Gasteiger partial charge is 0.419 e. The molecule has 12 heteroatoms. The second-order valence-electron chi connectivity index (χ2n) is 7.41. The maximum Gasteiger partial charge on any atom is 0.419 e. The molecule has 0 amide bonds. The normalized spacial score (nSPS) is 11.9. The molecule has 3 rings (SSSR count). The molecule has 1 heterocycles. The number of alkyl halides is 3. The lowest BCUT2D eigenvalue weighted by Gasteiger charge is -2.16. The fourth-order valence-corrected chi connectivity index (χ4v) is 3.32. The molecular formula is C22H22F5N3O3S. The number of benzene rings is 2. The van der Waals surface area contributed by atoms with Gasteiger partial charge in [0.1, 0.15) is 11.6 Å². The van der Waals surface area contributed by atoms with Crippen LogP contribution in [0.3, 0.4) is 0 Å². The number of aromatic nitrogens is 2. The van der Waals surface area contributed by atoms with E-state index in [9.17, 15) is 21.4 Å². The highest BCUT2D eigenvalue weighted by Crippen LogP contribution is 2.39. The summed E-state index contributed by atoms with van der Waals surface area (Å²) in [6.07, 6.45) is -4.15. The number of halogens is 5. The number of ether oxygens (including phenoxy) is 1. The van der Waals surface area contributed by atoms with Gasteiger partial charge in [0.15, 0.2) is 0 Å². The Kier molecular flexibility index (Phi) is 8.86. The first-order valence-electron chi connectivity index (χ1n) is 10.2. The number of aliphatic hydroxyl groups is 1. The summed E-state index contributed by atoms with van der Waals surface area (Å²) in [5.41, 5.74) is -0.325. The topological polar surface area (TPSA) is 71.6 Å². The van der Waals surface area contributed by atoms with E-state index in [4.69, 9.17) is 14.4 Å². The van der Waals surface area contributed by atoms with E-state index in [-0.39, 0.29) is 48.4 Å². The van der Waals surface area contributed by atoms with Crippen molar-refractivity contribution in [2.75, 3.05) is 32.6 Å². The fourth-order valence-electron chi connectivity index (χ4n) is 3.18. The van der Waals surface area contributed by atoms with Crippen LogP contribution < -0.4 is 4.74 Å². The van der Waals surface area contributed by atoms with Crippen LogP contribution >= 0.6 is 12.1 Å². The summed E-state index contributed by atoms with van der Waals surface area (Å²) in [6, 6.07) is 7.61. The Morgan fingerprint density at radius 2 is 1.91 bits per heavy atom. The molecule has 0 bridgehead atoms. The molecule has 0 aliphatic heterocycles. The molecule has 0 saturated carbocycles. The molecule has 184 valence electrons. The van der Waals surface area contributed by atoms with E-state index in [0.29, 0.717) is 30.6 Å². The summed E-state index contributed by atoms with van der Waals surface area (Å²) >= 11 is -0.0353. The van der Waals surface area contributed by atoms with Crippen molar-refractivity contribution in [2.45, 2.75) is 19.1 Å². The van der Waals surface area contributed by atoms with Crippen molar-refractivity contribution < 1.29 is 35.8 Å². The van der Waals surface area contributed by atoms with Gasteiger partial charge in [0, 0.05) is 48.5 Å². The van der Waals surface area contributed by atoms with Crippen LogP contribution in [-0.4, -0.2) is 52.7 Å². The van der Waals surface area contributed by atoms with Gasteiger partial charge in [-0.1, -0.05) is 17.3 Å². The summed E-state index contributed by atoms with van der Waals surface area (Å²) in [7, 11) is 1.81. The van der Waals surface area contributed by atoms with Crippen LogP contribution in [0.5, 0.6) is 5.75 Å². The highest BCUT2D eigenvalue weighted by atomic mass is 32.2. The predicted octanol–water partition coefficient (Wildman–Crippen LogP) is 5.37. The number of nitrogens with zero attached hydrogens (tertiary/aromatic N) is 3. The Labute approximate surface area is 197 Å². The largest absolute Gasteiger partial charge is 0.492 e. The monoisotopic (exact) mass is 503 g/mol. The van der Waals surface area contributed by atoms with Gasteiger partial charge in [-0.3, -0.25) is 0 Å². The lowest BCUT2D eigenvalue weighted by atomic mass is 10.1. The Morgan fingerprint density at radius 3 is 2.59 bits per heavy atom. The van der Waals surface area contributed by atoms with Crippen molar-refractivity contribution in [3.05, 3.63) is 53.3 Å². The first-order valence-corrected chi connectivity index (χ1v) is 11.1. The van der Waals surface area contributed by atoms with E-state index in [1.807, 2.05) is 4.90 Å². The Morgan fingerprint density at radius 1 is 1.15 bits per heavy atom. The first kappa shape index (κ1) is 25.9. The van der Waals surface area contributed by atoms with Crippen LogP contribution in [0.1, 0.15) is 17.5 Å². The van der Waals surface area contributed by atoms with E-state index >= 15 is 0 Å². The molecule has 3 aromatic rings. The number of hydrogen-bond donors (Lipinski definition) is 1. The molecule has 0 aliphatic carbocycles. The third-order valence-electron chi connectivity index (χ3n) is 4.83. The molecule has 2 aromatic carbocycles. The minimum Gasteiger partial charge on any atom is -0.492 e. The molecular weight excluding hydrogens is 481 g/mol. The second-order valence-corrected chi connectivity index (χ2v) is 8.04. The zero-order valence-corrected chi connectivity index (χ0v) is 18.9.